The number of anilines is 1. The van der Waals surface area contributed by atoms with Crippen LogP contribution < -0.4 is 10.2 Å². The van der Waals surface area contributed by atoms with Gasteiger partial charge in [-0.1, -0.05) is 12.1 Å². The number of hydrogen-bond acceptors (Lipinski definition) is 3. The normalized spacial score (nSPS) is 12.5. The quantitative estimate of drug-likeness (QED) is 0.736. The molecule has 0 heterocycles. The van der Waals surface area contributed by atoms with Crippen molar-refractivity contribution >= 4 is 5.69 Å². The van der Waals surface area contributed by atoms with E-state index < -0.39 is 0 Å². The van der Waals surface area contributed by atoms with Gasteiger partial charge in [0.25, 0.3) is 0 Å². The summed E-state index contributed by atoms with van der Waals surface area (Å²) in [7, 11) is 4.07. The Bertz CT molecular complexity index is 311. The van der Waals surface area contributed by atoms with Crippen LogP contribution in [0.3, 0.4) is 0 Å². The topological polar surface area (TPSA) is 24.5 Å². The van der Waals surface area contributed by atoms with Crippen molar-refractivity contribution in [2.45, 2.75) is 19.9 Å². The lowest BCUT2D eigenvalue weighted by Crippen LogP contribution is -2.22. The first-order chi connectivity index (χ1) is 8.19. The number of rotatable bonds is 7. The van der Waals surface area contributed by atoms with E-state index in [1.165, 1.54) is 11.3 Å². The third-order valence-electron chi connectivity index (χ3n) is 3.04. The van der Waals surface area contributed by atoms with Gasteiger partial charge in [-0.05, 0) is 38.6 Å². The molecule has 0 amide bonds. The molecule has 0 saturated heterocycles. The maximum absolute atomic E-state index is 5.35. The van der Waals surface area contributed by atoms with Gasteiger partial charge >= 0.3 is 0 Å². The molecular formula is C14H24N2O. The van der Waals surface area contributed by atoms with Crippen LogP contribution in [0.1, 0.15) is 25.5 Å². The van der Waals surface area contributed by atoms with E-state index in [1.54, 1.807) is 0 Å². The van der Waals surface area contributed by atoms with E-state index in [0.29, 0.717) is 6.04 Å². The smallest absolute Gasteiger partial charge is 0.0641 e. The summed E-state index contributed by atoms with van der Waals surface area (Å²) in [4.78, 5) is 2.21. The molecular weight excluding hydrogens is 212 g/mol. The molecule has 1 atom stereocenters. The number of nitrogens with one attached hydrogen (secondary N) is 1. The molecule has 0 aliphatic heterocycles. The summed E-state index contributed by atoms with van der Waals surface area (Å²) in [5, 5.41) is 3.24. The zero-order valence-corrected chi connectivity index (χ0v) is 11.4. The average molecular weight is 236 g/mol. The van der Waals surface area contributed by atoms with E-state index in [9.17, 15) is 0 Å². The molecule has 17 heavy (non-hydrogen) atoms. The van der Waals surface area contributed by atoms with Crippen molar-refractivity contribution in [2.24, 2.45) is 0 Å². The second-order valence-corrected chi connectivity index (χ2v) is 4.22. The first-order valence-corrected chi connectivity index (χ1v) is 6.25. The van der Waals surface area contributed by atoms with Gasteiger partial charge in [-0.3, -0.25) is 0 Å². The summed E-state index contributed by atoms with van der Waals surface area (Å²) in [6, 6.07) is 9.07. The van der Waals surface area contributed by atoms with Crippen LogP contribution in [0.15, 0.2) is 24.3 Å². The summed E-state index contributed by atoms with van der Waals surface area (Å²) in [6.07, 6.45) is 0. The first kappa shape index (κ1) is 14.0. The van der Waals surface area contributed by atoms with Crippen molar-refractivity contribution in [3.63, 3.8) is 0 Å². The highest BCUT2D eigenvalue weighted by Gasteiger charge is 2.04. The van der Waals surface area contributed by atoms with Gasteiger partial charge in [-0.2, -0.15) is 0 Å². The molecule has 1 N–H and O–H groups in total. The van der Waals surface area contributed by atoms with Gasteiger partial charge in [-0.25, -0.2) is 0 Å². The van der Waals surface area contributed by atoms with Gasteiger partial charge in [0.1, 0.15) is 0 Å². The van der Waals surface area contributed by atoms with E-state index in [-0.39, 0.29) is 0 Å². The zero-order valence-electron chi connectivity index (χ0n) is 11.4. The number of ether oxygens (including phenoxy) is 1. The molecule has 0 aliphatic carbocycles. The predicted molar refractivity (Wildman–Crippen MR) is 73.7 cm³/mol. The molecule has 0 bridgehead atoms. The van der Waals surface area contributed by atoms with Crippen LogP contribution in [-0.2, 0) is 4.74 Å². The van der Waals surface area contributed by atoms with Crippen LogP contribution in [0.5, 0.6) is 0 Å². The van der Waals surface area contributed by atoms with Crippen molar-refractivity contribution in [3.05, 3.63) is 29.8 Å². The van der Waals surface area contributed by atoms with Gasteiger partial charge in [-0.15, -0.1) is 0 Å². The Kier molecular flexibility index (Phi) is 6.01. The first-order valence-electron chi connectivity index (χ1n) is 6.25. The van der Waals surface area contributed by atoms with Gasteiger partial charge in [0.15, 0.2) is 0 Å². The minimum absolute atomic E-state index is 0.401. The molecule has 0 spiro atoms. The van der Waals surface area contributed by atoms with E-state index in [4.69, 9.17) is 4.74 Å². The number of hydrogen-bond donors (Lipinski definition) is 1. The second kappa shape index (κ2) is 7.30. The van der Waals surface area contributed by atoms with Crippen LogP contribution >= 0.6 is 0 Å². The Balaban J connectivity index is 2.54. The molecule has 0 aliphatic rings. The minimum Gasteiger partial charge on any atom is -0.380 e. The Morgan fingerprint density at radius 2 is 1.94 bits per heavy atom. The molecule has 96 valence electrons. The van der Waals surface area contributed by atoms with Gasteiger partial charge in [0.05, 0.1) is 6.61 Å². The molecule has 1 aromatic rings. The van der Waals surface area contributed by atoms with Gasteiger partial charge in [0.2, 0.25) is 0 Å². The van der Waals surface area contributed by atoms with Gasteiger partial charge < -0.3 is 15.0 Å². The van der Waals surface area contributed by atoms with Gasteiger partial charge in [0, 0.05) is 31.9 Å². The Hall–Kier alpha value is -1.06. The lowest BCUT2D eigenvalue weighted by molar-refractivity contribution is 0.154. The Labute approximate surface area is 105 Å². The molecule has 1 aromatic carbocycles. The summed E-state index contributed by atoms with van der Waals surface area (Å²) in [5.74, 6) is 0. The lowest BCUT2D eigenvalue weighted by atomic mass is 10.1. The summed E-state index contributed by atoms with van der Waals surface area (Å²) >= 11 is 0. The summed E-state index contributed by atoms with van der Waals surface area (Å²) in [6.45, 7) is 6.67. The maximum atomic E-state index is 5.35. The molecule has 3 nitrogen and oxygen atoms in total. The average Bonchev–Trinajstić information content (AvgIpc) is 2.38. The molecule has 1 rings (SSSR count). The largest absolute Gasteiger partial charge is 0.380 e. The fourth-order valence-electron chi connectivity index (χ4n) is 1.66. The standard InChI is InChI=1S/C14H24N2O/c1-5-17-11-10-16(4)14-8-6-13(7-9-14)12(2)15-3/h6-9,12,15H,5,10-11H2,1-4H3. The van der Waals surface area contributed by atoms with Crippen molar-refractivity contribution in [1.29, 1.82) is 0 Å². The van der Waals surface area contributed by atoms with E-state index in [0.717, 1.165) is 19.8 Å². The zero-order chi connectivity index (χ0) is 12.7. The number of benzene rings is 1. The highest BCUT2D eigenvalue weighted by atomic mass is 16.5. The van der Waals surface area contributed by atoms with Crippen LogP contribution in [0, 0.1) is 0 Å². The molecule has 0 radical (unpaired) electrons. The van der Waals surface area contributed by atoms with E-state index in [2.05, 4.69) is 48.5 Å². The van der Waals surface area contributed by atoms with Crippen molar-refractivity contribution in [2.75, 3.05) is 38.8 Å². The maximum Gasteiger partial charge on any atom is 0.0641 e. The molecule has 3 heteroatoms. The number of likely N-dealkylation sites (N-methyl/N-ethyl adjacent to an activating group) is 1. The van der Waals surface area contributed by atoms with Crippen LogP contribution in [0.25, 0.3) is 0 Å². The predicted octanol–water partition coefficient (Wildman–Crippen LogP) is 2.44. The van der Waals surface area contributed by atoms with Crippen LogP contribution in [-0.4, -0.2) is 33.9 Å². The summed E-state index contributed by atoms with van der Waals surface area (Å²) in [5.41, 5.74) is 2.55. The third kappa shape index (κ3) is 4.36. The van der Waals surface area contributed by atoms with Crippen molar-refractivity contribution < 1.29 is 4.74 Å². The van der Waals surface area contributed by atoms with Crippen molar-refractivity contribution in [1.82, 2.24) is 5.32 Å². The second-order valence-electron chi connectivity index (χ2n) is 4.22. The highest BCUT2D eigenvalue weighted by Crippen LogP contribution is 2.17. The fourth-order valence-corrected chi connectivity index (χ4v) is 1.66. The van der Waals surface area contributed by atoms with E-state index in [1.807, 2.05) is 14.0 Å². The van der Waals surface area contributed by atoms with Crippen LogP contribution in [0.2, 0.25) is 0 Å². The fraction of sp³-hybridized carbons (Fsp3) is 0.571. The SMILES string of the molecule is CCOCCN(C)c1ccc(C(C)NC)cc1. The Morgan fingerprint density at radius 1 is 1.29 bits per heavy atom. The molecule has 1 unspecified atom stereocenters. The summed E-state index contributed by atoms with van der Waals surface area (Å²) < 4.78 is 5.35. The Morgan fingerprint density at radius 3 is 2.47 bits per heavy atom. The number of nitrogens with zero attached hydrogens (tertiary/aromatic N) is 1. The molecule has 0 aromatic heterocycles. The third-order valence-corrected chi connectivity index (χ3v) is 3.04. The van der Waals surface area contributed by atoms with Crippen molar-refractivity contribution in [3.8, 4) is 0 Å². The lowest BCUT2D eigenvalue weighted by Gasteiger charge is -2.20. The molecule has 0 fully saturated rings. The monoisotopic (exact) mass is 236 g/mol. The minimum atomic E-state index is 0.401. The molecule has 0 saturated carbocycles. The van der Waals surface area contributed by atoms with E-state index >= 15 is 0 Å². The highest BCUT2D eigenvalue weighted by molar-refractivity contribution is 5.47. The van der Waals surface area contributed by atoms with Crippen LogP contribution in [0.4, 0.5) is 5.69 Å².